The summed E-state index contributed by atoms with van der Waals surface area (Å²) in [6.45, 7) is 3.28. The van der Waals surface area contributed by atoms with Gasteiger partial charge >= 0.3 is 0 Å². The Balaban J connectivity index is 2.02. The first kappa shape index (κ1) is 8.02. The van der Waals surface area contributed by atoms with E-state index in [4.69, 9.17) is 4.74 Å². The highest BCUT2D eigenvalue weighted by Crippen LogP contribution is 2.14. The number of hydrogen-bond acceptors (Lipinski definition) is 1. The van der Waals surface area contributed by atoms with Crippen molar-refractivity contribution in [3.63, 3.8) is 0 Å². The van der Waals surface area contributed by atoms with E-state index in [-0.39, 0.29) is 9.52 Å². The molecule has 1 saturated heterocycles. The summed E-state index contributed by atoms with van der Waals surface area (Å²) in [4.78, 5) is 0. The number of rotatable bonds is 3. The molecule has 0 aromatic heterocycles. The third kappa shape index (κ3) is 1.96. The van der Waals surface area contributed by atoms with Crippen LogP contribution >= 0.6 is 0 Å². The maximum atomic E-state index is 5.18. The molecule has 0 spiro atoms. The fraction of sp³-hybridized carbons (Fsp3) is 0.400. The Morgan fingerprint density at radius 1 is 1.42 bits per heavy atom. The molecular formula is C10H14OSi. The van der Waals surface area contributed by atoms with Gasteiger partial charge in [0, 0.05) is 6.42 Å². The quantitative estimate of drug-likeness (QED) is 0.484. The van der Waals surface area contributed by atoms with Crippen LogP contribution in [0.5, 0.6) is 0 Å². The van der Waals surface area contributed by atoms with Crippen LogP contribution in [0, 0.1) is 0 Å². The molecule has 0 aliphatic carbocycles. The van der Waals surface area contributed by atoms with Crippen molar-refractivity contribution < 1.29 is 4.74 Å². The lowest BCUT2D eigenvalue weighted by Crippen LogP contribution is -2.09. The van der Waals surface area contributed by atoms with Crippen LogP contribution in [0.3, 0.4) is 0 Å². The van der Waals surface area contributed by atoms with E-state index in [1.807, 2.05) is 0 Å². The minimum Gasteiger partial charge on any atom is -0.373 e. The van der Waals surface area contributed by atoms with Gasteiger partial charge in [-0.1, -0.05) is 36.0 Å². The predicted octanol–water partition coefficient (Wildman–Crippen LogP) is 0.470. The summed E-state index contributed by atoms with van der Waals surface area (Å²) in [6.07, 6.45) is 1.63. The monoisotopic (exact) mass is 178 g/mol. The summed E-state index contributed by atoms with van der Waals surface area (Å²) < 4.78 is 5.18. The van der Waals surface area contributed by atoms with Gasteiger partial charge < -0.3 is 4.74 Å². The summed E-state index contributed by atoms with van der Waals surface area (Å²) >= 11 is 0. The molecule has 1 aromatic rings. The molecule has 1 unspecified atom stereocenters. The van der Waals surface area contributed by atoms with Crippen LogP contribution < -0.4 is 5.19 Å². The lowest BCUT2D eigenvalue weighted by molar-refractivity contribution is 0.407. The van der Waals surface area contributed by atoms with E-state index in [0.29, 0.717) is 6.10 Å². The molecule has 1 aromatic carbocycles. The van der Waals surface area contributed by atoms with Crippen molar-refractivity contribution in [3.05, 3.63) is 29.8 Å². The van der Waals surface area contributed by atoms with Crippen LogP contribution in [0.4, 0.5) is 0 Å². The maximum Gasteiger partial charge on any atom is 0.0850 e. The smallest absolute Gasteiger partial charge is 0.0850 e. The van der Waals surface area contributed by atoms with Crippen LogP contribution in [0.15, 0.2) is 24.3 Å². The van der Waals surface area contributed by atoms with Crippen molar-refractivity contribution in [1.29, 1.82) is 0 Å². The molecule has 1 heterocycles. The summed E-state index contributed by atoms with van der Waals surface area (Å²) in [5, 5.41) is 1.55. The highest BCUT2D eigenvalue weighted by atomic mass is 28.2. The fourth-order valence-corrected chi connectivity index (χ4v) is 2.07. The van der Waals surface area contributed by atoms with Gasteiger partial charge in [-0.15, -0.1) is 0 Å². The molecule has 1 nitrogen and oxygen atoms in total. The molecule has 0 N–H and O–H groups in total. The second-order valence-corrected chi connectivity index (χ2v) is 4.85. The van der Waals surface area contributed by atoms with E-state index >= 15 is 0 Å². The zero-order valence-electron chi connectivity index (χ0n) is 7.42. The van der Waals surface area contributed by atoms with Crippen LogP contribution in [-0.2, 0) is 11.2 Å². The molecule has 2 rings (SSSR count). The molecule has 12 heavy (non-hydrogen) atoms. The first-order valence-electron chi connectivity index (χ1n) is 4.58. The van der Waals surface area contributed by atoms with Crippen molar-refractivity contribution in [1.82, 2.24) is 0 Å². The van der Waals surface area contributed by atoms with Gasteiger partial charge in [-0.25, -0.2) is 0 Å². The highest BCUT2D eigenvalue weighted by Gasteiger charge is 2.22. The van der Waals surface area contributed by atoms with Crippen LogP contribution in [0.25, 0.3) is 0 Å². The number of ether oxygens (including phenoxy) is 1. The Bertz CT molecular complexity index is 251. The average Bonchev–Trinajstić information content (AvgIpc) is 2.90. The minimum absolute atomic E-state index is 0.0326. The first-order chi connectivity index (χ1) is 5.88. The van der Waals surface area contributed by atoms with E-state index in [0.717, 1.165) is 13.0 Å². The fourth-order valence-electron chi connectivity index (χ4n) is 1.36. The van der Waals surface area contributed by atoms with Crippen molar-refractivity contribution >= 4 is 14.7 Å². The van der Waals surface area contributed by atoms with Gasteiger partial charge in [0.2, 0.25) is 0 Å². The van der Waals surface area contributed by atoms with Crippen LogP contribution in [0.1, 0.15) is 5.56 Å². The third-order valence-corrected chi connectivity index (χ3v) is 3.58. The minimum atomic E-state index is 0.0326. The molecule has 1 atom stereocenters. The van der Waals surface area contributed by atoms with Gasteiger partial charge in [0.1, 0.15) is 0 Å². The summed E-state index contributed by atoms with van der Waals surface area (Å²) in [6, 6.07) is 9.02. The average molecular weight is 178 g/mol. The zero-order chi connectivity index (χ0) is 8.39. The number of hydrogen-bond donors (Lipinski definition) is 0. The highest BCUT2D eigenvalue weighted by molar-refractivity contribution is 6.51. The van der Waals surface area contributed by atoms with Crippen molar-refractivity contribution in [2.24, 2.45) is 0 Å². The van der Waals surface area contributed by atoms with Crippen molar-refractivity contribution in [2.75, 3.05) is 6.61 Å². The van der Waals surface area contributed by atoms with Gasteiger partial charge in [0.15, 0.2) is 0 Å². The van der Waals surface area contributed by atoms with Crippen LogP contribution in [-0.4, -0.2) is 22.2 Å². The second-order valence-electron chi connectivity index (χ2n) is 3.33. The van der Waals surface area contributed by atoms with Gasteiger partial charge in [0.25, 0.3) is 0 Å². The molecule has 0 radical (unpaired) electrons. The molecule has 2 heteroatoms. The van der Waals surface area contributed by atoms with E-state index in [9.17, 15) is 0 Å². The van der Waals surface area contributed by atoms with Crippen molar-refractivity contribution in [2.45, 2.75) is 19.1 Å². The van der Waals surface area contributed by atoms with E-state index < -0.39 is 0 Å². The summed E-state index contributed by atoms with van der Waals surface area (Å²) in [7, 11) is 0.0326. The molecule has 64 valence electrons. The third-order valence-electron chi connectivity index (χ3n) is 2.30. The van der Waals surface area contributed by atoms with E-state index in [1.165, 1.54) is 5.56 Å². The molecule has 0 bridgehead atoms. The summed E-state index contributed by atoms with van der Waals surface area (Å²) in [5.41, 5.74) is 1.42. The Labute approximate surface area is 75.6 Å². The lowest BCUT2D eigenvalue weighted by atomic mass is 10.1. The molecule has 0 amide bonds. The van der Waals surface area contributed by atoms with Crippen molar-refractivity contribution in [3.8, 4) is 0 Å². The standard InChI is InChI=1S/C10H14OSi/c1-12-10-4-2-8(3-5-10)6-9-7-11-9/h2-5,9H,6-7,12H2,1H3. The Morgan fingerprint density at radius 3 is 2.58 bits per heavy atom. The second kappa shape index (κ2) is 3.41. The number of benzene rings is 1. The van der Waals surface area contributed by atoms with Gasteiger partial charge in [-0.2, -0.15) is 0 Å². The maximum absolute atomic E-state index is 5.18. The Hall–Kier alpha value is -0.603. The zero-order valence-corrected chi connectivity index (χ0v) is 8.83. The first-order valence-corrected chi connectivity index (χ1v) is 6.70. The topological polar surface area (TPSA) is 12.5 Å². The Kier molecular flexibility index (Phi) is 2.28. The molecule has 1 fully saturated rings. The Morgan fingerprint density at radius 2 is 2.08 bits per heavy atom. The predicted molar refractivity (Wildman–Crippen MR) is 53.9 cm³/mol. The SMILES string of the molecule is C[SiH2]c1ccc(CC2CO2)cc1. The van der Waals surface area contributed by atoms with Gasteiger partial charge in [-0.05, 0) is 5.56 Å². The van der Waals surface area contributed by atoms with Gasteiger partial charge in [-0.3, -0.25) is 0 Å². The largest absolute Gasteiger partial charge is 0.373 e. The van der Waals surface area contributed by atoms with E-state index in [2.05, 4.69) is 30.8 Å². The number of epoxide rings is 1. The molecule has 1 aliphatic heterocycles. The van der Waals surface area contributed by atoms with Gasteiger partial charge in [0.05, 0.1) is 22.2 Å². The van der Waals surface area contributed by atoms with E-state index in [1.54, 1.807) is 5.19 Å². The molecular weight excluding hydrogens is 164 g/mol. The molecule has 0 saturated carbocycles. The molecule has 1 aliphatic rings. The van der Waals surface area contributed by atoms with Crippen LogP contribution in [0.2, 0.25) is 6.55 Å². The normalized spacial score (nSPS) is 21.9. The lowest BCUT2D eigenvalue weighted by Gasteiger charge is -1.99. The summed E-state index contributed by atoms with van der Waals surface area (Å²) in [5.74, 6) is 0.